The first-order valence-electron chi connectivity index (χ1n) is 5.22. The van der Waals surface area contributed by atoms with E-state index in [2.05, 4.69) is 25.1 Å². The molecule has 0 bridgehead atoms. The fourth-order valence-corrected chi connectivity index (χ4v) is 1.96. The van der Waals surface area contributed by atoms with Crippen LogP contribution in [0.1, 0.15) is 17.5 Å². The monoisotopic (exact) mass is 191 g/mol. The maximum absolute atomic E-state index is 5.71. The fourth-order valence-electron chi connectivity index (χ4n) is 1.96. The highest BCUT2D eigenvalue weighted by Crippen LogP contribution is 2.27. The van der Waals surface area contributed by atoms with Crippen LogP contribution in [0, 0.1) is 12.8 Å². The van der Waals surface area contributed by atoms with E-state index in [4.69, 9.17) is 10.5 Å². The Hall–Kier alpha value is -1.02. The van der Waals surface area contributed by atoms with E-state index in [0.29, 0.717) is 5.92 Å². The van der Waals surface area contributed by atoms with Crippen LogP contribution in [-0.4, -0.2) is 13.2 Å². The molecule has 1 unspecified atom stereocenters. The van der Waals surface area contributed by atoms with Gasteiger partial charge in [-0.2, -0.15) is 0 Å². The molecule has 1 aromatic rings. The zero-order valence-electron chi connectivity index (χ0n) is 8.62. The minimum absolute atomic E-state index is 0.582. The lowest BCUT2D eigenvalue weighted by Gasteiger charge is -2.10. The number of hydrogen-bond donors (Lipinski definition) is 1. The summed E-state index contributed by atoms with van der Waals surface area (Å²) in [6.45, 7) is 3.68. The summed E-state index contributed by atoms with van der Waals surface area (Å²) in [7, 11) is 0. The molecule has 0 fully saturated rings. The Bertz CT molecular complexity index is 322. The van der Waals surface area contributed by atoms with Crippen molar-refractivity contribution >= 4 is 0 Å². The van der Waals surface area contributed by atoms with E-state index in [1.54, 1.807) is 0 Å². The van der Waals surface area contributed by atoms with Gasteiger partial charge in [0.2, 0.25) is 0 Å². The Morgan fingerprint density at radius 3 is 3.14 bits per heavy atom. The molecule has 2 heteroatoms. The van der Waals surface area contributed by atoms with Gasteiger partial charge in [0.1, 0.15) is 5.75 Å². The highest BCUT2D eigenvalue weighted by Gasteiger charge is 2.16. The summed E-state index contributed by atoms with van der Waals surface area (Å²) in [6, 6.07) is 6.38. The molecule has 76 valence electrons. The molecule has 2 N–H and O–H groups in total. The minimum atomic E-state index is 0.582. The summed E-state index contributed by atoms with van der Waals surface area (Å²) in [5.41, 5.74) is 8.33. The van der Waals surface area contributed by atoms with E-state index in [-0.39, 0.29) is 0 Å². The zero-order chi connectivity index (χ0) is 9.97. The Balaban J connectivity index is 2.28. The van der Waals surface area contributed by atoms with Crippen molar-refractivity contribution in [1.82, 2.24) is 0 Å². The van der Waals surface area contributed by atoms with Crippen molar-refractivity contribution < 1.29 is 4.74 Å². The average Bonchev–Trinajstić information content (AvgIpc) is 2.38. The van der Waals surface area contributed by atoms with E-state index in [9.17, 15) is 0 Å². The maximum Gasteiger partial charge on any atom is 0.122 e. The molecule has 0 saturated carbocycles. The quantitative estimate of drug-likeness (QED) is 0.735. The molecule has 0 saturated heterocycles. The van der Waals surface area contributed by atoms with Gasteiger partial charge in [-0.05, 0) is 43.9 Å². The molecular weight excluding hydrogens is 174 g/mol. The van der Waals surface area contributed by atoms with E-state index in [0.717, 1.165) is 31.7 Å². The summed E-state index contributed by atoms with van der Waals surface area (Å²) in [6.07, 6.45) is 2.14. The van der Waals surface area contributed by atoms with Gasteiger partial charge in [0.25, 0.3) is 0 Å². The number of rotatable bonds is 1. The van der Waals surface area contributed by atoms with Crippen LogP contribution in [0.25, 0.3) is 0 Å². The average molecular weight is 191 g/mol. The molecule has 2 nitrogen and oxygen atoms in total. The Morgan fingerprint density at radius 2 is 2.36 bits per heavy atom. The van der Waals surface area contributed by atoms with Gasteiger partial charge >= 0.3 is 0 Å². The lowest BCUT2D eigenvalue weighted by molar-refractivity contribution is 0.296. The van der Waals surface area contributed by atoms with Crippen LogP contribution in [0.2, 0.25) is 0 Å². The molecule has 2 rings (SSSR count). The van der Waals surface area contributed by atoms with E-state index in [1.807, 2.05) is 0 Å². The van der Waals surface area contributed by atoms with Crippen LogP contribution in [0.4, 0.5) is 0 Å². The number of hydrogen-bond acceptors (Lipinski definition) is 2. The first-order chi connectivity index (χ1) is 6.79. The second kappa shape index (κ2) is 4.01. The minimum Gasteiger partial charge on any atom is -0.493 e. The zero-order valence-corrected chi connectivity index (χ0v) is 8.62. The van der Waals surface area contributed by atoms with E-state index in [1.165, 1.54) is 11.1 Å². The molecule has 1 heterocycles. The molecule has 0 radical (unpaired) electrons. The Labute approximate surface area is 85.1 Å². The van der Waals surface area contributed by atoms with Crippen LogP contribution in [0.3, 0.4) is 0 Å². The molecule has 0 aromatic heterocycles. The second-order valence-electron chi connectivity index (χ2n) is 4.05. The first kappa shape index (κ1) is 9.53. The molecule has 0 spiro atoms. The van der Waals surface area contributed by atoms with E-state index >= 15 is 0 Å². The van der Waals surface area contributed by atoms with Crippen LogP contribution in [0.5, 0.6) is 5.75 Å². The normalized spacial score (nSPS) is 20.9. The molecule has 1 aliphatic rings. The topological polar surface area (TPSA) is 35.2 Å². The second-order valence-corrected chi connectivity index (χ2v) is 4.05. The molecule has 14 heavy (non-hydrogen) atoms. The highest BCUT2D eigenvalue weighted by atomic mass is 16.5. The number of aryl methyl sites for hydroxylation is 1. The lowest BCUT2D eigenvalue weighted by atomic mass is 9.96. The SMILES string of the molecule is Cc1ccc2c(c1)CC(CN)CCO2. The third-order valence-corrected chi connectivity index (χ3v) is 2.84. The van der Waals surface area contributed by atoms with Gasteiger partial charge in [0, 0.05) is 0 Å². The fraction of sp³-hybridized carbons (Fsp3) is 0.500. The van der Waals surface area contributed by atoms with Crippen molar-refractivity contribution in [3.63, 3.8) is 0 Å². The Kier molecular flexibility index (Phi) is 2.73. The number of benzene rings is 1. The summed E-state index contributed by atoms with van der Waals surface area (Å²) in [5.74, 6) is 1.63. The Morgan fingerprint density at radius 1 is 1.50 bits per heavy atom. The molecule has 1 aliphatic heterocycles. The molecule has 0 aliphatic carbocycles. The van der Waals surface area contributed by atoms with E-state index < -0.39 is 0 Å². The van der Waals surface area contributed by atoms with Gasteiger partial charge < -0.3 is 10.5 Å². The van der Waals surface area contributed by atoms with Crippen LogP contribution in [0.15, 0.2) is 18.2 Å². The third kappa shape index (κ3) is 1.90. The smallest absolute Gasteiger partial charge is 0.122 e. The van der Waals surface area contributed by atoms with Crippen molar-refractivity contribution in [3.8, 4) is 5.75 Å². The number of nitrogens with two attached hydrogens (primary N) is 1. The van der Waals surface area contributed by atoms with Gasteiger partial charge in [-0.1, -0.05) is 17.7 Å². The predicted octanol–water partition coefficient (Wildman–Crippen LogP) is 1.89. The molecule has 1 atom stereocenters. The van der Waals surface area contributed by atoms with Crippen molar-refractivity contribution in [2.75, 3.05) is 13.2 Å². The standard InChI is InChI=1S/C12H17NO/c1-9-2-3-12-11(6-9)7-10(8-13)4-5-14-12/h2-3,6,10H,4-5,7-8,13H2,1H3. The van der Waals surface area contributed by atoms with Crippen molar-refractivity contribution in [1.29, 1.82) is 0 Å². The first-order valence-corrected chi connectivity index (χ1v) is 5.22. The predicted molar refractivity (Wildman–Crippen MR) is 57.5 cm³/mol. The van der Waals surface area contributed by atoms with Gasteiger partial charge in [0.05, 0.1) is 6.61 Å². The van der Waals surface area contributed by atoms with Crippen molar-refractivity contribution in [3.05, 3.63) is 29.3 Å². The van der Waals surface area contributed by atoms with Gasteiger partial charge in [-0.15, -0.1) is 0 Å². The van der Waals surface area contributed by atoms with Crippen LogP contribution < -0.4 is 10.5 Å². The maximum atomic E-state index is 5.71. The molecule has 0 amide bonds. The summed E-state index contributed by atoms with van der Waals surface area (Å²) < 4.78 is 5.68. The third-order valence-electron chi connectivity index (χ3n) is 2.84. The molecular formula is C12H17NO. The van der Waals surface area contributed by atoms with Crippen LogP contribution in [-0.2, 0) is 6.42 Å². The van der Waals surface area contributed by atoms with Gasteiger partial charge in [-0.25, -0.2) is 0 Å². The number of fused-ring (bicyclic) bond motifs is 1. The van der Waals surface area contributed by atoms with Crippen molar-refractivity contribution in [2.24, 2.45) is 11.7 Å². The highest BCUT2D eigenvalue weighted by molar-refractivity contribution is 5.37. The van der Waals surface area contributed by atoms with Gasteiger partial charge in [0.15, 0.2) is 0 Å². The molecule has 1 aromatic carbocycles. The largest absolute Gasteiger partial charge is 0.493 e. The summed E-state index contributed by atoms with van der Waals surface area (Å²) in [4.78, 5) is 0. The number of ether oxygens (including phenoxy) is 1. The summed E-state index contributed by atoms with van der Waals surface area (Å²) in [5, 5.41) is 0. The lowest BCUT2D eigenvalue weighted by Crippen LogP contribution is -2.17. The van der Waals surface area contributed by atoms with Crippen LogP contribution >= 0.6 is 0 Å². The van der Waals surface area contributed by atoms with Gasteiger partial charge in [-0.3, -0.25) is 0 Å². The summed E-state index contributed by atoms with van der Waals surface area (Å²) >= 11 is 0. The van der Waals surface area contributed by atoms with Crippen molar-refractivity contribution in [2.45, 2.75) is 19.8 Å².